The maximum Gasteiger partial charge on any atom is 0.243 e. The molecular weight excluding hydrogens is 418 g/mol. The molecule has 0 radical (unpaired) electrons. The van der Waals surface area contributed by atoms with Crippen molar-refractivity contribution in [1.29, 1.82) is 0 Å². The summed E-state index contributed by atoms with van der Waals surface area (Å²) in [7, 11) is 0. The third kappa shape index (κ3) is 6.36. The summed E-state index contributed by atoms with van der Waals surface area (Å²) in [6.07, 6.45) is 1.91. The Hall–Kier alpha value is -4.26. The maximum atomic E-state index is 12.8. The number of carbonyl (C=O) groups is 2. The molecule has 0 heterocycles. The molecule has 7 heteroatoms. The lowest BCUT2D eigenvalue weighted by molar-refractivity contribution is -0.116. The van der Waals surface area contributed by atoms with Crippen molar-refractivity contribution in [3.8, 4) is 11.5 Å². The van der Waals surface area contributed by atoms with E-state index < -0.39 is 0 Å². The highest BCUT2D eigenvalue weighted by Gasteiger charge is 2.18. The number of azo groups is 1. The van der Waals surface area contributed by atoms with Crippen LogP contribution in [0.1, 0.15) is 28.4 Å². The zero-order chi connectivity index (χ0) is 23.6. The van der Waals surface area contributed by atoms with Gasteiger partial charge >= 0.3 is 0 Å². The third-order valence-corrected chi connectivity index (χ3v) is 4.77. The van der Waals surface area contributed by atoms with Crippen molar-refractivity contribution >= 4 is 23.1 Å². The van der Waals surface area contributed by atoms with Gasteiger partial charge in [-0.15, -0.1) is 5.11 Å². The molecule has 3 rings (SSSR count). The van der Waals surface area contributed by atoms with Crippen molar-refractivity contribution in [2.45, 2.75) is 13.3 Å². The molecule has 0 saturated heterocycles. The van der Waals surface area contributed by atoms with Gasteiger partial charge in [0.05, 0.1) is 17.9 Å². The summed E-state index contributed by atoms with van der Waals surface area (Å²) in [5.41, 5.74) is 2.56. The molecule has 168 valence electrons. The number of nitrogens with zero attached hydrogens (tertiary/aromatic N) is 2. The molecule has 3 aromatic rings. The van der Waals surface area contributed by atoms with Crippen molar-refractivity contribution in [3.05, 3.63) is 96.1 Å². The number of aromatic hydroxyl groups is 1. The van der Waals surface area contributed by atoms with Crippen molar-refractivity contribution in [1.82, 2.24) is 5.32 Å². The van der Waals surface area contributed by atoms with E-state index in [1.807, 2.05) is 37.3 Å². The number of hydrogen-bond acceptors (Lipinski definition) is 6. The Morgan fingerprint density at radius 2 is 1.79 bits per heavy atom. The second-order valence-corrected chi connectivity index (χ2v) is 7.08. The number of amides is 1. The molecule has 33 heavy (non-hydrogen) atoms. The number of benzene rings is 3. The fourth-order valence-corrected chi connectivity index (χ4v) is 3.08. The van der Waals surface area contributed by atoms with Gasteiger partial charge < -0.3 is 15.2 Å². The number of rotatable bonds is 10. The summed E-state index contributed by atoms with van der Waals surface area (Å²) in [4.78, 5) is 24.1. The Balaban J connectivity index is 1.80. The number of hydrogen-bond donors (Lipinski definition) is 2. The quantitative estimate of drug-likeness (QED) is 0.253. The smallest absolute Gasteiger partial charge is 0.243 e. The molecule has 3 aromatic carbocycles. The van der Waals surface area contributed by atoms with Crippen LogP contribution in [0.5, 0.6) is 11.5 Å². The van der Waals surface area contributed by atoms with Gasteiger partial charge in [-0.25, -0.2) is 0 Å². The number of ether oxygens (including phenoxy) is 1. The molecule has 0 aliphatic heterocycles. The molecule has 0 bridgehead atoms. The summed E-state index contributed by atoms with van der Waals surface area (Å²) in [5, 5.41) is 21.7. The van der Waals surface area contributed by atoms with Crippen LogP contribution in [-0.4, -0.2) is 29.9 Å². The molecule has 2 N–H and O–H groups in total. The van der Waals surface area contributed by atoms with Gasteiger partial charge in [0.25, 0.3) is 0 Å². The summed E-state index contributed by atoms with van der Waals surface area (Å²) < 4.78 is 5.57. The highest BCUT2D eigenvalue weighted by Crippen LogP contribution is 2.36. The van der Waals surface area contributed by atoms with Crippen LogP contribution in [0.15, 0.2) is 89.6 Å². The van der Waals surface area contributed by atoms with Crippen LogP contribution < -0.4 is 10.1 Å². The normalized spacial score (nSPS) is 10.7. The molecule has 0 aromatic heterocycles. The summed E-state index contributed by atoms with van der Waals surface area (Å²) in [6.45, 7) is 6.11. The summed E-state index contributed by atoms with van der Waals surface area (Å²) >= 11 is 0. The van der Waals surface area contributed by atoms with Gasteiger partial charge in [-0.1, -0.05) is 49.0 Å². The third-order valence-electron chi connectivity index (χ3n) is 4.77. The largest absolute Gasteiger partial charge is 0.507 e. The molecule has 0 fully saturated rings. The SMILES string of the molecule is C=CC(=O)NCCc1ccc(/N=N/c2cc(C(=O)c3ccccc3)c(O)cc2OCC)cc1. The van der Waals surface area contributed by atoms with Crippen LogP contribution in [0.25, 0.3) is 0 Å². The minimum absolute atomic E-state index is 0.121. The first-order chi connectivity index (χ1) is 16.0. The topological polar surface area (TPSA) is 100 Å². The van der Waals surface area contributed by atoms with Gasteiger partial charge in [-0.2, -0.15) is 5.11 Å². The van der Waals surface area contributed by atoms with Crippen LogP contribution in [0.3, 0.4) is 0 Å². The highest BCUT2D eigenvalue weighted by atomic mass is 16.5. The lowest BCUT2D eigenvalue weighted by Gasteiger charge is -2.10. The average Bonchev–Trinajstić information content (AvgIpc) is 2.84. The standard InChI is InChI=1S/C26H25N3O4/c1-3-25(31)27-15-14-18-10-12-20(13-11-18)28-29-22-16-21(23(30)17-24(22)33-4-2)26(32)19-8-6-5-7-9-19/h3,5-13,16-17,30H,1,4,14-15H2,2H3,(H,27,31)/b29-28+. The van der Waals surface area contributed by atoms with E-state index in [2.05, 4.69) is 22.1 Å². The lowest BCUT2D eigenvalue weighted by Crippen LogP contribution is -2.23. The minimum atomic E-state index is -0.319. The van der Waals surface area contributed by atoms with E-state index in [-0.39, 0.29) is 23.0 Å². The van der Waals surface area contributed by atoms with E-state index >= 15 is 0 Å². The van der Waals surface area contributed by atoms with Crippen LogP contribution in [-0.2, 0) is 11.2 Å². The molecule has 0 aliphatic carbocycles. The Labute approximate surface area is 192 Å². The fourth-order valence-electron chi connectivity index (χ4n) is 3.08. The van der Waals surface area contributed by atoms with Gasteiger partial charge in [0, 0.05) is 18.2 Å². The molecule has 7 nitrogen and oxygen atoms in total. The summed E-state index contributed by atoms with van der Waals surface area (Å²) in [5.74, 6) is -0.373. The highest BCUT2D eigenvalue weighted by molar-refractivity contribution is 6.11. The van der Waals surface area contributed by atoms with Crippen LogP contribution in [0.4, 0.5) is 11.4 Å². The van der Waals surface area contributed by atoms with Crippen molar-refractivity contribution in [3.63, 3.8) is 0 Å². The van der Waals surface area contributed by atoms with Crippen LogP contribution >= 0.6 is 0 Å². The van der Waals surface area contributed by atoms with E-state index in [9.17, 15) is 14.7 Å². The molecule has 0 aliphatic rings. The van der Waals surface area contributed by atoms with Gasteiger partial charge in [-0.05, 0) is 43.2 Å². The monoisotopic (exact) mass is 443 g/mol. The lowest BCUT2D eigenvalue weighted by atomic mass is 10.0. The Morgan fingerprint density at radius 1 is 1.06 bits per heavy atom. The van der Waals surface area contributed by atoms with E-state index in [1.54, 1.807) is 24.3 Å². The van der Waals surface area contributed by atoms with Crippen LogP contribution in [0.2, 0.25) is 0 Å². The van der Waals surface area contributed by atoms with E-state index in [1.165, 1.54) is 18.2 Å². The molecule has 0 unspecified atom stereocenters. The number of ketones is 1. The van der Waals surface area contributed by atoms with E-state index in [0.29, 0.717) is 42.3 Å². The van der Waals surface area contributed by atoms with Gasteiger partial charge in [-0.3, -0.25) is 9.59 Å². The molecule has 1 amide bonds. The first-order valence-electron chi connectivity index (χ1n) is 10.5. The first kappa shape index (κ1) is 23.4. The molecule has 0 spiro atoms. The summed E-state index contributed by atoms with van der Waals surface area (Å²) in [6, 6.07) is 19.0. The zero-order valence-electron chi connectivity index (χ0n) is 18.3. The van der Waals surface area contributed by atoms with E-state index in [4.69, 9.17) is 4.74 Å². The predicted octanol–water partition coefficient (Wildman–Crippen LogP) is 5.28. The molecule has 0 saturated carbocycles. The number of carbonyl (C=O) groups excluding carboxylic acids is 2. The second-order valence-electron chi connectivity index (χ2n) is 7.08. The van der Waals surface area contributed by atoms with Crippen molar-refractivity contribution < 1.29 is 19.4 Å². The molecular formula is C26H25N3O4. The predicted molar refractivity (Wildman–Crippen MR) is 127 cm³/mol. The van der Waals surface area contributed by atoms with Gasteiger partial charge in [0.15, 0.2) is 11.5 Å². The first-order valence-corrected chi connectivity index (χ1v) is 10.5. The Kier molecular flexibility index (Phi) is 8.07. The van der Waals surface area contributed by atoms with Crippen LogP contribution in [0, 0.1) is 0 Å². The van der Waals surface area contributed by atoms with E-state index in [0.717, 1.165) is 5.56 Å². The number of nitrogens with one attached hydrogen (secondary N) is 1. The van der Waals surface area contributed by atoms with Gasteiger partial charge in [0.2, 0.25) is 5.91 Å². The minimum Gasteiger partial charge on any atom is -0.507 e. The Bertz CT molecular complexity index is 1160. The second kappa shape index (κ2) is 11.4. The number of phenolic OH excluding ortho intramolecular Hbond substituents is 1. The fraction of sp³-hybridized carbons (Fsp3) is 0.154. The van der Waals surface area contributed by atoms with Gasteiger partial charge in [0.1, 0.15) is 11.4 Å². The molecule has 0 atom stereocenters. The number of phenols is 1. The van der Waals surface area contributed by atoms with Crippen molar-refractivity contribution in [2.24, 2.45) is 10.2 Å². The average molecular weight is 444 g/mol. The zero-order valence-corrected chi connectivity index (χ0v) is 18.3. The Morgan fingerprint density at radius 3 is 2.45 bits per heavy atom. The van der Waals surface area contributed by atoms with Crippen molar-refractivity contribution in [2.75, 3.05) is 13.2 Å². The maximum absolute atomic E-state index is 12.8.